The zero-order chi connectivity index (χ0) is 19.3. The molecule has 1 aromatic carbocycles. The van der Waals surface area contributed by atoms with Crippen LogP contribution in [0.15, 0.2) is 24.3 Å². The lowest BCUT2D eigenvalue weighted by Crippen LogP contribution is -2.26. The lowest BCUT2D eigenvalue weighted by Gasteiger charge is -2.23. The van der Waals surface area contributed by atoms with E-state index in [0.29, 0.717) is 30.3 Å². The van der Waals surface area contributed by atoms with E-state index in [9.17, 15) is 4.79 Å². The number of rotatable bonds is 6. The molecule has 0 bridgehead atoms. The highest BCUT2D eigenvalue weighted by molar-refractivity contribution is 6.05. The Kier molecular flexibility index (Phi) is 5.95. The van der Waals surface area contributed by atoms with Gasteiger partial charge in [-0.2, -0.15) is 5.10 Å². The third kappa shape index (κ3) is 4.07. The minimum atomic E-state index is -0.109. The van der Waals surface area contributed by atoms with Gasteiger partial charge in [-0.1, -0.05) is 12.1 Å². The molecule has 4 rings (SSSR count). The molecule has 2 heterocycles. The van der Waals surface area contributed by atoms with Crippen LogP contribution >= 0.6 is 0 Å². The van der Waals surface area contributed by atoms with E-state index in [1.807, 2.05) is 35.9 Å². The number of aromatic nitrogens is 2. The Bertz CT molecular complexity index is 824. The van der Waals surface area contributed by atoms with E-state index in [4.69, 9.17) is 9.47 Å². The minimum Gasteiger partial charge on any atom is -0.489 e. The molecule has 1 N–H and O–H groups in total. The summed E-state index contributed by atoms with van der Waals surface area (Å²) in [6.45, 7) is 4.02. The summed E-state index contributed by atoms with van der Waals surface area (Å²) in [5, 5.41) is 7.72. The van der Waals surface area contributed by atoms with Crippen LogP contribution in [-0.2, 0) is 24.1 Å². The first kappa shape index (κ1) is 19.0. The molecule has 1 aliphatic heterocycles. The highest BCUT2D eigenvalue weighted by Crippen LogP contribution is 2.28. The summed E-state index contributed by atoms with van der Waals surface area (Å²) < 4.78 is 13.6. The van der Waals surface area contributed by atoms with E-state index in [0.717, 1.165) is 56.4 Å². The van der Waals surface area contributed by atoms with E-state index in [-0.39, 0.29) is 12.0 Å². The molecule has 1 aromatic heterocycles. The monoisotopic (exact) mass is 383 g/mol. The molecule has 2 aromatic rings. The first-order valence-electron chi connectivity index (χ1n) is 10.5. The lowest BCUT2D eigenvalue weighted by molar-refractivity contribution is -0.0109. The number of aryl methyl sites for hydroxylation is 2. The topological polar surface area (TPSA) is 65.4 Å². The predicted molar refractivity (Wildman–Crippen MR) is 108 cm³/mol. The molecule has 1 aliphatic carbocycles. The molecule has 0 saturated carbocycles. The van der Waals surface area contributed by atoms with Crippen molar-refractivity contribution in [3.8, 4) is 5.75 Å². The van der Waals surface area contributed by atoms with Crippen molar-refractivity contribution >= 4 is 11.6 Å². The van der Waals surface area contributed by atoms with Crippen LogP contribution in [0.1, 0.15) is 60.8 Å². The summed E-state index contributed by atoms with van der Waals surface area (Å²) in [6.07, 6.45) is 7.61. The molecular formula is C22H29N3O3. The molecule has 1 atom stereocenters. The van der Waals surface area contributed by atoms with Crippen molar-refractivity contribution in [3.05, 3.63) is 41.2 Å². The average molecular weight is 383 g/mol. The molecule has 1 saturated heterocycles. The maximum atomic E-state index is 13.1. The van der Waals surface area contributed by atoms with Gasteiger partial charge >= 0.3 is 0 Å². The van der Waals surface area contributed by atoms with Gasteiger partial charge in [-0.3, -0.25) is 9.48 Å². The molecule has 1 fully saturated rings. The van der Waals surface area contributed by atoms with Crippen molar-refractivity contribution in [2.24, 2.45) is 0 Å². The van der Waals surface area contributed by atoms with E-state index >= 15 is 0 Å². The number of hydrogen-bond acceptors (Lipinski definition) is 4. The van der Waals surface area contributed by atoms with Gasteiger partial charge in [0, 0.05) is 18.7 Å². The van der Waals surface area contributed by atoms with Crippen molar-refractivity contribution in [1.82, 2.24) is 9.78 Å². The summed E-state index contributed by atoms with van der Waals surface area (Å²) in [4.78, 5) is 13.1. The van der Waals surface area contributed by atoms with Crippen LogP contribution in [0.4, 0.5) is 5.69 Å². The third-order valence-corrected chi connectivity index (χ3v) is 5.57. The molecule has 1 amide bonds. The Morgan fingerprint density at radius 2 is 2.11 bits per heavy atom. The molecule has 6 heteroatoms. The SMILES string of the molecule is CCn1nc2c(c1C(=O)Nc1ccccc1OC[C@H]1CCCCO1)CCCC2. The van der Waals surface area contributed by atoms with Crippen LogP contribution in [0.5, 0.6) is 5.75 Å². The zero-order valence-corrected chi connectivity index (χ0v) is 16.6. The number of carbonyl (C=O) groups excluding carboxylic acids is 1. The van der Waals surface area contributed by atoms with Crippen LogP contribution in [0.25, 0.3) is 0 Å². The number of para-hydroxylation sites is 2. The third-order valence-electron chi connectivity index (χ3n) is 5.57. The average Bonchev–Trinajstić information content (AvgIpc) is 3.12. The second kappa shape index (κ2) is 8.78. The fourth-order valence-electron chi connectivity index (χ4n) is 4.09. The van der Waals surface area contributed by atoms with Gasteiger partial charge in [-0.15, -0.1) is 0 Å². The summed E-state index contributed by atoms with van der Waals surface area (Å²) in [7, 11) is 0. The summed E-state index contributed by atoms with van der Waals surface area (Å²) in [5.74, 6) is 0.573. The van der Waals surface area contributed by atoms with E-state index < -0.39 is 0 Å². The van der Waals surface area contributed by atoms with Crippen LogP contribution in [0.2, 0.25) is 0 Å². The highest BCUT2D eigenvalue weighted by atomic mass is 16.5. The van der Waals surface area contributed by atoms with Crippen molar-refractivity contribution in [1.29, 1.82) is 0 Å². The number of anilines is 1. The van der Waals surface area contributed by atoms with Gasteiger partial charge < -0.3 is 14.8 Å². The number of benzene rings is 1. The smallest absolute Gasteiger partial charge is 0.274 e. The molecule has 150 valence electrons. The first-order valence-corrected chi connectivity index (χ1v) is 10.5. The standard InChI is InChI=1S/C22H29N3O3/c1-2-25-21(17-10-3-4-11-18(17)24-25)22(26)23-19-12-5-6-13-20(19)28-15-16-9-7-8-14-27-16/h5-6,12-13,16H,2-4,7-11,14-15H2,1H3,(H,23,26)/t16-/m1/s1. The Morgan fingerprint density at radius 1 is 1.25 bits per heavy atom. The Balaban J connectivity index is 1.50. The molecule has 2 aliphatic rings. The van der Waals surface area contributed by atoms with Crippen LogP contribution in [0, 0.1) is 0 Å². The molecule has 0 radical (unpaired) electrons. The number of nitrogens with zero attached hydrogens (tertiary/aromatic N) is 2. The zero-order valence-electron chi connectivity index (χ0n) is 16.6. The van der Waals surface area contributed by atoms with Crippen molar-refractivity contribution in [2.45, 2.75) is 64.5 Å². The van der Waals surface area contributed by atoms with Crippen molar-refractivity contribution in [3.63, 3.8) is 0 Å². The maximum absolute atomic E-state index is 13.1. The number of ether oxygens (including phenoxy) is 2. The minimum absolute atomic E-state index is 0.109. The van der Waals surface area contributed by atoms with Crippen molar-refractivity contribution in [2.75, 3.05) is 18.5 Å². The normalized spacial score (nSPS) is 19.1. The summed E-state index contributed by atoms with van der Waals surface area (Å²) in [6, 6.07) is 7.61. The first-order chi connectivity index (χ1) is 13.8. The summed E-state index contributed by atoms with van der Waals surface area (Å²) in [5.41, 5.74) is 3.58. The highest BCUT2D eigenvalue weighted by Gasteiger charge is 2.25. The van der Waals surface area contributed by atoms with Gasteiger partial charge in [0.05, 0.1) is 17.5 Å². The largest absolute Gasteiger partial charge is 0.489 e. The number of amides is 1. The van der Waals surface area contributed by atoms with Gasteiger partial charge in [0.25, 0.3) is 5.91 Å². The van der Waals surface area contributed by atoms with E-state index in [1.165, 1.54) is 6.42 Å². The summed E-state index contributed by atoms with van der Waals surface area (Å²) >= 11 is 0. The predicted octanol–water partition coefficient (Wildman–Crippen LogP) is 3.98. The van der Waals surface area contributed by atoms with Gasteiger partial charge in [0.1, 0.15) is 18.1 Å². The van der Waals surface area contributed by atoms with E-state index in [1.54, 1.807) is 0 Å². The Hall–Kier alpha value is -2.34. The van der Waals surface area contributed by atoms with Gasteiger partial charge in [-0.05, 0) is 64.0 Å². The second-order valence-electron chi connectivity index (χ2n) is 7.55. The fourth-order valence-corrected chi connectivity index (χ4v) is 4.09. The van der Waals surface area contributed by atoms with Crippen LogP contribution in [-0.4, -0.2) is 35.0 Å². The van der Waals surface area contributed by atoms with Gasteiger partial charge in [0.2, 0.25) is 0 Å². The van der Waals surface area contributed by atoms with Crippen LogP contribution < -0.4 is 10.1 Å². The van der Waals surface area contributed by atoms with E-state index in [2.05, 4.69) is 10.4 Å². The molecular weight excluding hydrogens is 354 g/mol. The lowest BCUT2D eigenvalue weighted by atomic mass is 9.95. The number of fused-ring (bicyclic) bond motifs is 1. The van der Waals surface area contributed by atoms with Crippen LogP contribution in [0.3, 0.4) is 0 Å². The number of nitrogens with one attached hydrogen (secondary N) is 1. The maximum Gasteiger partial charge on any atom is 0.274 e. The molecule has 6 nitrogen and oxygen atoms in total. The fraction of sp³-hybridized carbons (Fsp3) is 0.545. The Labute approximate surface area is 166 Å². The molecule has 0 unspecified atom stereocenters. The quantitative estimate of drug-likeness (QED) is 0.819. The molecule has 28 heavy (non-hydrogen) atoms. The second-order valence-corrected chi connectivity index (χ2v) is 7.55. The number of carbonyl (C=O) groups is 1. The van der Waals surface area contributed by atoms with Crippen molar-refractivity contribution < 1.29 is 14.3 Å². The Morgan fingerprint density at radius 3 is 2.93 bits per heavy atom. The molecule has 0 spiro atoms. The number of hydrogen-bond donors (Lipinski definition) is 1. The van der Waals surface area contributed by atoms with Gasteiger partial charge in [0.15, 0.2) is 0 Å². The van der Waals surface area contributed by atoms with Gasteiger partial charge in [-0.25, -0.2) is 0 Å².